The van der Waals surface area contributed by atoms with Crippen molar-refractivity contribution in [3.8, 4) is 5.75 Å². The SMILES string of the molecule is C/C=C\C(CN1CCC(NC(=O)Nc2ccc(OC(F)(F)F)cc2)C1)=C(/C)Cl. The van der Waals surface area contributed by atoms with Crippen molar-refractivity contribution in [2.45, 2.75) is 32.7 Å². The first kappa shape index (κ1) is 22.1. The Kier molecular flexibility index (Phi) is 7.77. The Labute approximate surface area is 167 Å². The van der Waals surface area contributed by atoms with Gasteiger partial charge in [0, 0.05) is 36.4 Å². The minimum absolute atomic E-state index is 0.0182. The van der Waals surface area contributed by atoms with Gasteiger partial charge in [-0.3, -0.25) is 4.90 Å². The lowest BCUT2D eigenvalue weighted by atomic mass is 10.2. The summed E-state index contributed by atoms with van der Waals surface area (Å²) in [4.78, 5) is 14.3. The zero-order chi connectivity index (χ0) is 20.7. The second-order valence-electron chi connectivity index (χ2n) is 6.45. The van der Waals surface area contributed by atoms with Crippen molar-refractivity contribution >= 4 is 23.3 Å². The molecule has 1 aromatic rings. The van der Waals surface area contributed by atoms with E-state index in [1.807, 2.05) is 26.0 Å². The zero-order valence-corrected chi connectivity index (χ0v) is 16.4. The van der Waals surface area contributed by atoms with Crippen LogP contribution in [0.1, 0.15) is 20.3 Å². The molecule has 0 aliphatic carbocycles. The Morgan fingerprint density at radius 3 is 2.61 bits per heavy atom. The topological polar surface area (TPSA) is 53.6 Å². The fraction of sp³-hybridized carbons (Fsp3) is 0.421. The first-order valence-corrected chi connectivity index (χ1v) is 9.17. The van der Waals surface area contributed by atoms with Crippen LogP contribution in [0.5, 0.6) is 5.75 Å². The van der Waals surface area contributed by atoms with Crippen LogP contribution in [0.15, 0.2) is 47.0 Å². The number of carbonyl (C=O) groups excluding carboxylic acids is 1. The van der Waals surface area contributed by atoms with Gasteiger partial charge < -0.3 is 15.4 Å². The molecule has 9 heteroatoms. The molecule has 1 aliphatic rings. The number of rotatable bonds is 6. The van der Waals surface area contributed by atoms with Gasteiger partial charge in [0.25, 0.3) is 0 Å². The molecule has 0 spiro atoms. The lowest BCUT2D eigenvalue weighted by molar-refractivity contribution is -0.274. The number of ether oxygens (including phenoxy) is 1. The van der Waals surface area contributed by atoms with Gasteiger partial charge in [0.15, 0.2) is 0 Å². The van der Waals surface area contributed by atoms with E-state index in [4.69, 9.17) is 11.6 Å². The van der Waals surface area contributed by atoms with Crippen LogP contribution < -0.4 is 15.4 Å². The summed E-state index contributed by atoms with van der Waals surface area (Å²) in [7, 11) is 0. The van der Waals surface area contributed by atoms with Crippen molar-refractivity contribution in [1.82, 2.24) is 10.2 Å². The number of amides is 2. The summed E-state index contributed by atoms with van der Waals surface area (Å²) < 4.78 is 40.3. The van der Waals surface area contributed by atoms with Gasteiger partial charge in [-0.05, 0) is 50.1 Å². The minimum atomic E-state index is -4.75. The summed E-state index contributed by atoms with van der Waals surface area (Å²) in [5, 5.41) is 6.22. The fourth-order valence-corrected chi connectivity index (χ4v) is 3.03. The van der Waals surface area contributed by atoms with Gasteiger partial charge in [0.05, 0.1) is 0 Å². The average molecular weight is 418 g/mol. The number of anilines is 1. The molecule has 0 saturated carbocycles. The van der Waals surface area contributed by atoms with Crippen molar-refractivity contribution in [3.63, 3.8) is 0 Å². The van der Waals surface area contributed by atoms with Gasteiger partial charge in [-0.15, -0.1) is 13.2 Å². The Morgan fingerprint density at radius 2 is 2.04 bits per heavy atom. The second-order valence-corrected chi connectivity index (χ2v) is 7.02. The van der Waals surface area contributed by atoms with E-state index < -0.39 is 12.4 Å². The highest BCUT2D eigenvalue weighted by molar-refractivity contribution is 6.29. The predicted molar refractivity (Wildman–Crippen MR) is 103 cm³/mol. The summed E-state index contributed by atoms with van der Waals surface area (Å²) in [5.74, 6) is -0.343. The fourth-order valence-electron chi connectivity index (χ4n) is 2.91. The van der Waals surface area contributed by atoms with Gasteiger partial charge in [0.1, 0.15) is 5.75 Å². The number of nitrogens with one attached hydrogen (secondary N) is 2. The number of alkyl halides is 3. The Hall–Kier alpha value is -2.19. The predicted octanol–water partition coefficient (Wildman–Crippen LogP) is 4.87. The molecule has 0 aromatic heterocycles. The first-order valence-electron chi connectivity index (χ1n) is 8.80. The molecule has 1 saturated heterocycles. The van der Waals surface area contributed by atoms with Gasteiger partial charge in [-0.25, -0.2) is 4.79 Å². The highest BCUT2D eigenvalue weighted by Crippen LogP contribution is 2.24. The van der Waals surface area contributed by atoms with E-state index in [2.05, 4.69) is 20.3 Å². The molecule has 1 aliphatic heterocycles. The minimum Gasteiger partial charge on any atom is -0.406 e. The zero-order valence-electron chi connectivity index (χ0n) is 15.6. The number of allylic oxidation sites excluding steroid dienone is 2. The standard InChI is InChI=1S/C19H23ClF3N3O2/c1-3-4-14(13(2)20)11-26-10-9-16(12-26)25-18(27)24-15-5-7-17(8-6-15)28-19(21,22)23/h3-8,16H,9-12H2,1-2H3,(H2,24,25,27)/b4-3-,14-13-. The van der Waals surface area contributed by atoms with Crippen molar-refractivity contribution in [3.05, 3.63) is 47.0 Å². The number of hydrogen-bond donors (Lipinski definition) is 2. The molecule has 1 atom stereocenters. The van der Waals surface area contributed by atoms with Crippen molar-refractivity contribution in [2.24, 2.45) is 0 Å². The third kappa shape index (κ3) is 7.44. The van der Waals surface area contributed by atoms with E-state index in [-0.39, 0.29) is 11.8 Å². The van der Waals surface area contributed by atoms with E-state index in [1.54, 1.807) is 0 Å². The quantitative estimate of drug-likeness (QED) is 0.649. The lowest BCUT2D eigenvalue weighted by Gasteiger charge is -2.18. The molecule has 2 rings (SSSR count). The Balaban J connectivity index is 1.81. The number of urea groups is 1. The second kappa shape index (κ2) is 9.84. The lowest BCUT2D eigenvalue weighted by Crippen LogP contribution is -2.39. The average Bonchev–Trinajstić information content (AvgIpc) is 3.01. The number of nitrogens with zero attached hydrogens (tertiary/aromatic N) is 1. The van der Waals surface area contributed by atoms with Crippen LogP contribution in [0.25, 0.3) is 0 Å². The molecule has 0 bridgehead atoms. The van der Waals surface area contributed by atoms with Crippen molar-refractivity contribution in [2.75, 3.05) is 25.0 Å². The van der Waals surface area contributed by atoms with E-state index in [9.17, 15) is 18.0 Å². The molecule has 28 heavy (non-hydrogen) atoms. The number of hydrogen-bond acceptors (Lipinski definition) is 3. The molecular formula is C19H23ClF3N3O2. The summed E-state index contributed by atoms with van der Waals surface area (Å²) in [6, 6.07) is 4.55. The van der Waals surface area contributed by atoms with Gasteiger partial charge in [-0.1, -0.05) is 23.8 Å². The van der Waals surface area contributed by atoms with Crippen LogP contribution in [0, 0.1) is 0 Å². The van der Waals surface area contributed by atoms with E-state index in [0.29, 0.717) is 18.8 Å². The van der Waals surface area contributed by atoms with E-state index in [1.165, 1.54) is 12.1 Å². The third-order valence-electron chi connectivity index (χ3n) is 4.16. The summed E-state index contributed by atoms with van der Waals surface area (Å²) in [5.41, 5.74) is 1.41. The molecule has 1 unspecified atom stereocenters. The van der Waals surface area contributed by atoms with Crippen LogP contribution in [-0.2, 0) is 0 Å². The van der Waals surface area contributed by atoms with E-state index in [0.717, 1.165) is 35.7 Å². The Morgan fingerprint density at radius 1 is 1.36 bits per heavy atom. The molecule has 2 N–H and O–H groups in total. The molecule has 0 radical (unpaired) electrons. The maximum atomic E-state index is 12.2. The number of carbonyl (C=O) groups is 1. The van der Waals surface area contributed by atoms with Crippen LogP contribution in [0.2, 0.25) is 0 Å². The van der Waals surface area contributed by atoms with Crippen LogP contribution in [-0.4, -0.2) is 43.0 Å². The largest absolute Gasteiger partial charge is 0.573 e. The summed E-state index contributed by atoms with van der Waals surface area (Å²) in [6.45, 7) is 6.01. The Bertz CT molecular complexity index is 729. The maximum absolute atomic E-state index is 12.2. The van der Waals surface area contributed by atoms with Gasteiger partial charge >= 0.3 is 12.4 Å². The van der Waals surface area contributed by atoms with Crippen LogP contribution >= 0.6 is 11.6 Å². The highest BCUT2D eigenvalue weighted by Gasteiger charge is 2.31. The molecule has 2 amide bonds. The molecular weight excluding hydrogens is 395 g/mol. The summed E-state index contributed by atoms with van der Waals surface area (Å²) >= 11 is 6.11. The van der Waals surface area contributed by atoms with E-state index >= 15 is 0 Å². The number of likely N-dealkylation sites (tertiary alicyclic amines) is 1. The van der Waals surface area contributed by atoms with Crippen molar-refractivity contribution in [1.29, 1.82) is 0 Å². The van der Waals surface area contributed by atoms with Gasteiger partial charge in [0.2, 0.25) is 0 Å². The van der Waals surface area contributed by atoms with Gasteiger partial charge in [-0.2, -0.15) is 0 Å². The number of benzene rings is 1. The molecule has 5 nitrogen and oxygen atoms in total. The molecule has 154 valence electrons. The molecule has 1 aromatic carbocycles. The van der Waals surface area contributed by atoms with Crippen LogP contribution in [0.4, 0.5) is 23.7 Å². The first-order chi connectivity index (χ1) is 13.2. The molecule has 1 heterocycles. The normalized spacial score (nSPS) is 18.9. The smallest absolute Gasteiger partial charge is 0.406 e. The summed E-state index contributed by atoms with van der Waals surface area (Å²) in [6.07, 6.45) is -0.0334. The molecule has 1 fully saturated rings. The van der Waals surface area contributed by atoms with Crippen LogP contribution in [0.3, 0.4) is 0 Å². The highest BCUT2D eigenvalue weighted by atomic mass is 35.5. The maximum Gasteiger partial charge on any atom is 0.573 e. The third-order valence-corrected chi connectivity index (χ3v) is 4.40. The monoisotopic (exact) mass is 417 g/mol. The van der Waals surface area contributed by atoms with Crippen molar-refractivity contribution < 1.29 is 22.7 Å². The number of halogens is 4.